The minimum atomic E-state index is -0.692. The largest absolute Gasteiger partial charge is 0.494 e. The van der Waals surface area contributed by atoms with Crippen molar-refractivity contribution in [2.45, 2.75) is 32.4 Å². The maximum absolute atomic E-state index is 11.2. The highest BCUT2D eigenvalue weighted by Gasteiger charge is 2.12. The number of aromatic nitrogens is 2. The molecule has 0 saturated heterocycles. The fraction of sp³-hybridized carbons (Fsp3) is 0.444. The Hall–Kier alpha value is -2.34. The Morgan fingerprint density at radius 1 is 1.33 bits per heavy atom. The Kier molecular flexibility index (Phi) is 6.81. The number of benzene rings is 1. The fourth-order valence-corrected chi connectivity index (χ4v) is 2.29. The molecular weight excluding hydrogens is 306 g/mol. The summed E-state index contributed by atoms with van der Waals surface area (Å²) in [5.74, 6) is 0.721. The van der Waals surface area contributed by atoms with Gasteiger partial charge in [-0.15, -0.1) is 0 Å². The van der Waals surface area contributed by atoms with Gasteiger partial charge in [-0.05, 0) is 30.5 Å². The van der Waals surface area contributed by atoms with Gasteiger partial charge in [0.05, 0.1) is 25.6 Å². The second kappa shape index (κ2) is 9.08. The number of aliphatic hydroxyl groups is 1. The lowest BCUT2D eigenvalue weighted by Crippen LogP contribution is -2.28. The van der Waals surface area contributed by atoms with Gasteiger partial charge in [-0.1, -0.05) is 12.1 Å². The van der Waals surface area contributed by atoms with E-state index in [2.05, 4.69) is 4.98 Å². The number of amides is 1. The zero-order chi connectivity index (χ0) is 17.4. The number of carbonyl (C=O) groups excluding carboxylic acids is 1. The predicted octanol–water partition coefficient (Wildman–Crippen LogP) is 2.25. The van der Waals surface area contributed by atoms with Crippen LogP contribution in [-0.4, -0.2) is 45.7 Å². The van der Waals surface area contributed by atoms with E-state index in [1.165, 1.54) is 11.8 Å². The molecule has 1 N–H and O–H groups in total. The Balaban J connectivity index is 1.70. The predicted molar refractivity (Wildman–Crippen MR) is 91.7 cm³/mol. The van der Waals surface area contributed by atoms with Crippen molar-refractivity contribution in [3.05, 3.63) is 48.5 Å². The van der Waals surface area contributed by atoms with Crippen molar-refractivity contribution in [1.29, 1.82) is 0 Å². The minimum absolute atomic E-state index is 0.0651. The van der Waals surface area contributed by atoms with Crippen molar-refractivity contribution in [2.75, 3.05) is 20.2 Å². The number of hydrogen-bond acceptors (Lipinski definition) is 4. The van der Waals surface area contributed by atoms with E-state index in [0.29, 0.717) is 6.61 Å². The van der Waals surface area contributed by atoms with Gasteiger partial charge in [0.25, 0.3) is 0 Å². The van der Waals surface area contributed by atoms with E-state index in [-0.39, 0.29) is 12.5 Å². The molecule has 6 heteroatoms. The van der Waals surface area contributed by atoms with Gasteiger partial charge in [0.15, 0.2) is 0 Å². The fourth-order valence-electron chi connectivity index (χ4n) is 2.29. The number of aliphatic hydroxyl groups excluding tert-OH is 1. The average Bonchev–Trinajstić information content (AvgIpc) is 3.08. The molecule has 0 unspecified atom stereocenters. The van der Waals surface area contributed by atoms with Crippen molar-refractivity contribution in [3.8, 4) is 5.75 Å². The van der Waals surface area contributed by atoms with E-state index in [0.717, 1.165) is 30.7 Å². The molecule has 1 aromatic carbocycles. The molecule has 0 fully saturated rings. The molecular formula is C18H25N3O3. The second-order valence-corrected chi connectivity index (χ2v) is 5.84. The van der Waals surface area contributed by atoms with Crippen molar-refractivity contribution in [1.82, 2.24) is 14.5 Å². The first-order chi connectivity index (χ1) is 11.6. The molecule has 0 spiro atoms. The van der Waals surface area contributed by atoms with E-state index in [1.54, 1.807) is 13.2 Å². The van der Waals surface area contributed by atoms with E-state index >= 15 is 0 Å². The first-order valence-corrected chi connectivity index (χ1v) is 8.14. The van der Waals surface area contributed by atoms with Crippen LogP contribution in [0.1, 0.15) is 31.4 Å². The van der Waals surface area contributed by atoms with Gasteiger partial charge in [-0.2, -0.15) is 0 Å². The lowest BCUT2D eigenvalue weighted by atomic mass is 10.1. The first-order valence-electron chi connectivity index (χ1n) is 8.14. The number of unbranched alkanes of at least 4 members (excludes halogenated alkanes) is 1. The molecule has 0 radical (unpaired) electrons. The zero-order valence-electron chi connectivity index (χ0n) is 14.3. The zero-order valence-corrected chi connectivity index (χ0v) is 14.3. The van der Waals surface area contributed by atoms with E-state index < -0.39 is 6.10 Å². The molecule has 130 valence electrons. The number of imidazole rings is 1. The minimum Gasteiger partial charge on any atom is -0.494 e. The van der Waals surface area contributed by atoms with Crippen LogP contribution in [0, 0.1) is 0 Å². The van der Waals surface area contributed by atoms with E-state index in [1.807, 2.05) is 41.4 Å². The number of carbonyl (C=O) groups is 1. The third-order valence-corrected chi connectivity index (χ3v) is 3.89. The summed E-state index contributed by atoms with van der Waals surface area (Å²) in [4.78, 5) is 16.7. The van der Waals surface area contributed by atoms with Crippen molar-refractivity contribution in [3.63, 3.8) is 0 Å². The van der Waals surface area contributed by atoms with Crippen LogP contribution < -0.4 is 4.74 Å². The van der Waals surface area contributed by atoms with Crippen LogP contribution in [0.25, 0.3) is 0 Å². The molecule has 2 aromatic rings. The summed E-state index contributed by atoms with van der Waals surface area (Å²) in [6.45, 7) is 3.36. The van der Waals surface area contributed by atoms with Gasteiger partial charge < -0.3 is 19.3 Å². The number of ether oxygens (including phenoxy) is 1. The molecule has 0 aliphatic heterocycles. The summed E-state index contributed by atoms with van der Waals surface area (Å²) in [7, 11) is 1.67. The molecule has 24 heavy (non-hydrogen) atoms. The van der Waals surface area contributed by atoms with Gasteiger partial charge in [0.2, 0.25) is 5.91 Å². The van der Waals surface area contributed by atoms with Gasteiger partial charge in [-0.25, -0.2) is 4.98 Å². The highest BCUT2D eigenvalue weighted by molar-refractivity contribution is 5.72. The summed E-state index contributed by atoms with van der Waals surface area (Å²) in [5.41, 5.74) is 0.774. The van der Waals surface area contributed by atoms with Crippen LogP contribution in [0.3, 0.4) is 0 Å². The monoisotopic (exact) mass is 331 g/mol. The molecule has 0 aliphatic carbocycles. The number of hydrogen-bond donors (Lipinski definition) is 1. The maximum atomic E-state index is 11.2. The quantitative estimate of drug-likeness (QED) is 0.716. The molecule has 2 rings (SSSR count). The second-order valence-electron chi connectivity index (χ2n) is 5.84. The third-order valence-electron chi connectivity index (χ3n) is 3.89. The summed E-state index contributed by atoms with van der Waals surface area (Å²) < 4.78 is 7.76. The number of nitrogens with zero attached hydrogens (tertiary/aromatic N) is 3. The lowest BCUT2D eigenvalue weighted by molar-refractivity contribution is -0.128. The molecule has 1 heterocycles. The van der Waals surface area contributed by atoms with Crippen LogP contribution in [0.4, 0.5) is 0 Å². The average molecular weight is 331 g/mol. The van der Waals surface area contributed by atoms with Crippen LogP contribution >= 0.6 is 0 Å². The molecule has 1 aromatic heterocycles. The molecule has 1 atom stereocenters. The SMILES string of the molecule is CC(=O)N(C)C[C@H](O)c1ccc(OCCCCn2ccnc2)cc1. The van der Waals surface area contributed by atoms with Gasteiger partial charge in [-0.3, -0.25) is 4.79 Å². The number of likely N-dealkylation sites (N-methyl/N-ethyl adjacent to an activating group) is 1. The summed E-state index contributed by atoms with van der Waals surface area (Å²) >= 11 is 0. The van der Waals surface area contributed by atoms with Crippen LogP contribution in [0.15, 0.2) is 43.0 Å². The van der Waals surface area contributed by atoms with Crippen LogP contribution in [0.2, 0.25) is 0 Å². The molecule has 0 saturated carbocycles. The summed E-state index contributed by atoms with van der Waals surface area (Å²) in [6, 6.07) is 7.36. The number of rotatable bonds is 9. The highest BCUT2D eigenvalue weighted by atomic mass is 16.5. The first kappa shape index (κ1) is 18.0. The van der Waals surface area contributed by atoms with Crippen molar-refractivity contribution >= 4 is 5.91 Å². The van der Waals surface area contributed by atoms with Crippen molar-refractivity contribution in [2.24, 2.45) is 0 Å². The topological polar surface area (TPSA) is 67.6 Å². The molecule has 0 bridgehead atoms. The Morgan fingerprint density at radius 2 is 2.08 bits per heavy atom. The van der Waals surface area contributed by atoms with E-state index in [4.69, 9.17) is 4.74 Å². The van der Waals surface area contributed by atoms with Gasteiger partial charge in [0.1, 0.15) is 5.75 Å². The molecule has 0 aliphatic rings. The van der Waals surface area contributed by atoms with Gasteiger partial charge >= 0.3 is 0 Å². The standard InChI is InChI=1S/C18H25N3O3/c1-15(22)20(2)13-18(23)16-5-7-17(8-6-16)24-12-4-3-10-21-11-9-19-14-21/h5-9,11,14,18,23H,3-4,10,12-13H2,1-2H3/t18-/m0/s1. The lowest BCUT2D eigenvalue weighted by Gasteiger charge is -2.19. The van der Waals surface area contributed by atoms with Crippen molar-refractivity contribution < 1.29 is 14.6 Å². The Bertz CT molecular complexity index is 611. The van der Waals surface area contributed by atoms with Gasteiger partial charge in [0, 0.05) is 32.9 Å². The Morgan fingerprint density at radius 3 is 2.71 bits per heavy atom. The molecule has 1 amide bonds. The van der Waals surface area contributed by atoms with Crippen LogP contribution in [-0.2, 0) is 11.3 Å². The number of aryl methyl sites for hydroxylation is 1. The Labute approximate surface area is 142 Å². The molecule has 6 nitrogen and oxygen atoms in total. The summed E-state index contributed by atoms with van der Waals surface area (Å²) in [5, 5.41) is 10.1. The third kappa shape index (κ3) is 5.70. The summed E-state index contributed by atoms with van der Waals surface area (Å²) in [6.07, 6.45) is 6.85. The smallest absolute Gasteiger partial charge is 0.219 e. The van der Waals surface area contributed by atoms with Crippen LogP contribution in [0.5, 0.6) is 5.75 Å². The maximum Gasteiger partial charge on any atom is 0.219 e. The highest BCUT2D eigenvalue weighted by Crippen LogP contribution is 2.19. The van der Waals surface area contributed by atoms with E-state index in [9.17, 15) is 9.90 Å². The normalized spacial score (nSPS) is 12.0.